The largest absolute Gasteiger partial charge is 0.489 e. The van der Waals surface area contributed by atoms with Gasteiger partial charge >= 0.3 is 0 Å². The predicted octanol–water partition coefficient (Wildman–Crippen LogP) is 4.67. The standard InChI is InChI=1S/C22H19FN4O3.C2H6/c23-18-4-2-1-3-14(18)12-29-15-6-5-13-9-16(30-19(13)10-15)11-26-22(28)17-7-8-20(24)27-21(17)25;1-2/h1-10H,11-12H2,(H,26,28)(H4,24,25,27);1-2H3. The molecule has 166 valence electrons. The summed E-state index contributed by atoms with van der Waals surface area (Å²) in [4.78, 5) is 16.2. The molecule has 0 radical (unpaired) electrons. The lowest BCUT2D eigenvalue weighted by molar-refractivity contribution is 0.0949. The third kappa shape index (κ3) is 5.34. The third-order valence-corrected chi connectivity index (χ3v) is 4.51. The molecule has 32 heavy (non-hydrogen) atoms. The SMILES string of the molecule is CC.Nc1ccc(C(=O)NCc2cc3ccc(OCc4ccccc4F)cc3o2)c(N)n1. The lowest BCUT2D eigenvalue weighted by Gasteiger charge is -2.07. The highest BCUT2D eigenvalue weighted by Gasteiger charge is 2.12. The molecule has 0 aliphatic heterocycles. The Kier molecular flexibility index (Phi) is 7.28. The van der Waals surface area contributed by atoms with E-state index in [4.69, 9.17) is 20.6 Å². The van der Waals surface area contributed by atoms with Crippen LogP contribution in [0.4, 0.5) is 16.0 Å². The van der Waals surface area contributed by atoms with Crippen LogP contribution in [0.5, 0.6) is 5.75 Å². The zero-order valence-corrected chi connectivity index (χ0v) is 17.9. The topological polar surface area (TPSA) is 116 Å². The Labute approximate surface area is 185 Å². The van der Waals surface area contributed by atoms with Gasteiger partial charge in [0.25, 0.3) is 5.91 Å². The van der Waals surface area contributed by atoms with Gasteiger partial charge in [-0.3, -0.25) is 4.79 Å². The normalized spacial score (nSPS) is 10.3. The number of amides is 1. The number of nitrogens with zero attached hydrogens (tertiary/aromatic N) is 1. The maximum absolute atomic E-state index is 13.7. The minimum Gasteiger partial charge on any atom is -0.489 e. The van der Waals surface area contributed by atoms with Crippen molar-refractivity contribution in [2.75, 3.05) is 11.5 Å². The Balaban J connectivity index is 0.00000141. The fraction of sp³-hybridized carbons (Fsp3) is 0.167. The maximum atomic E-state index is 13.7. The van der Waals surface area contributed by atoms with Crippen molar-refractivity contribution < 1.29 is 18.3 Å². The van der Waals surface area contributed by atoms with Crippen molar-refractivity contribution in [1.82, 2.24) is 10.3 Å². The molecule has 2 heterocycles. The fourth-order valence-corrected chi connectivity index (χ4v) is 2.97. The Morgan fingerprint density at radius 2 is 1.88 bits per heavy atom. The molecule has 0 saturated heterocycles. The second kappa shape index (κ2) is 10.3. The van der Waals surface area contributed by atoms with Crippen LogP contribution in [0.1, 0.15) is 35.5 Å². The second-order valence-electron chi connectivity index (χ2n) is 6.64. The first kappa shape index (κ1) is 22.6. The molecule has 0 aliphatic rings. The van der Waals surface area contributed by atoms with Gasteiger partial charge in [-0.1, -0.05) is 32.0 Å². The number of pyridine rings is 1. The molecule has 7 nitrogen and oxygen atoms in total. The number of nitrogens with two attached hydrogens (primary N) is 2. The second-order valence-corrected chi connectivity index (χ2v) is 6.64. The van der Waals surface area contributed by atoms with E-state index in [1.54, 1.807) is 30.3 Å². The summed E-state index contributed by atoms with van der Waals surface area (Å²) in [7, 11) is 0. The molecular formula is C24H25FN4O3. The van der Waals surface area contributed by atoms with Crippen LogP contribution >= 0.6 is 0 Å². The van der Waals surface area contributed by atoms with E-state index in [1.807, 2.05) is 26.0 Å². The average molecular weight is 436 g/mol. The Morgan fingerprint density at radius 3 is 2.62 bits per heavy atom. The van der Waals surface area contributed by atoms with Crippen LogP contribution in [0.15, 0.2) is 65.1 Å². The van der Waals surface area contributed by atoms with Crippen molar-refractivity contribution in [1.29, 1.82) is 0 Å². The zero-order chi connectivity index (χ0) is 23.1. The summed E-state index contributed by atoms with van der Waals surface area (Å²) in [5.74, 6) is 0.729. The van der Waals surface area contributed by atoms with Gasteiger partial charge in [0.2, 0.25) is 0 Å². The number of hydrogen-bond donors (Lipinski definition) is 3. The summed E-state index contributed by atoms with van der Waals surface area (Å²) in [6, 6.07) is 16.6. The summed E-state index contributed by atoms with van der Waals surface area (Å²) in [6.45, 7) is 4.28. The van der Waals surface area contributed by atoms with Gasteiger partial charge in [-0.15, -0.1) is 0 Å². The van der Waals surface area contributed by atoms with Crippen LogP contribution in [-0.4, -0.2) is 10.9 Å². The lowest BCUT2D eigenvalue weighted by Crippen LogP contribution is -2.24. The Hall–Kier alpha value is -4.07. The molecular weight excluding hydrogens is 411 g/mol. The molecule has 2 aromatic carbocycles. The molecule has 5 N–H and O–H groups in total. The zero-order valence-electron chi connectivity index (χ0n) is 17.9. The number of rotatable bonds is 6. The summed E-state index contributed by atoms with van der Waals surface area (Å²) >= 11 is 0. The van der Waals surface area contributed by atoms with E-state index in [9.17, 15) is 9.18 Å². The number of nitrogen functional groups attached to an aromatic ring is 2. The number of nitrogens with one attached hydrogen (secondary N) is 1. The average Bonchev–Trinajstić information content (AvgIpc) is 3.20. The van der Waals surface area contributed by atoms with Crippen molar-refractivity contribution in [3.8, 4) is 5.75 Å². The van der Waals surface area contributed by atoms with E-state index >= 15 is 0 Å². The van der Waals surface area contributed by atoms with Crippen molar-refractivity contribution in [2.45, 2.75) is 27.0 Å². The monoisotopic (exact) mass is 436 g/mol. The minimum absolute atomic E-state index is 0.0637. The number of fused-ring (bicyclic) bond motifs is 1. The lowest BCUT2D eigenvalue weighted by atomic mass is 10.2. The van der Waals surface area contributed by atoms with Gasteiger partial charge < -0.3 is 25.9 Å². The Bertz CT molecular complexity index is 1220. The maximum Gasteiger partial charge on any atom is 0.255 e. The van der Waals surface area contributed by atoms with E-state index in [2.05, 4.69) is 10.3 Å². The molecule has 4 rings (SSSR count). The van der Waals surface area contributed by atoms with Gasteiger partial charge in [-0.25, -0.2) is 9.37 Å². The van der Waals surface area contributed by atoms with Gasteiger partial charge in [0.05, 0.1) is 12.1 Å². The van der Waals surface area contributed by atoms with Gasteiger partial charge in [0.15, 0.2) is 0 Å². The number of anilines is 2. The van der Waals surface area contributed by atoms with Crippen LogP contribution in [0, 0.1) is 5.82 Å². The molecule has 0 spiro atoms. The number of ether oxygens (including phenoxy) is 1. The molecule has 0 atom stereocenters. The van der Waals surface area contributed by atoms with E-state index in [0.717, 1.165) is 5.39 Å². The molecule has 0 saturated carbocycles. The van der Waals surface area contributed by atoms with Crippen LogP contribution in [0.25, 0.3) is 11.0 Å². The van der Waals surface area contributed by atoms with Crippen molar-refractivity contribution >= 4 is 28.5 Å². The first-order valence-corrected chi connectivity index (χ1v) is 10.2. The number of benzene rings is 2. The van der Waals surface area contributed by atoms with E-state index in [0.29, 0.717) is 22.7 Å². The molecule has 0 unspecified atom stereocenters. The number of carbonyl (C=O) groups is 1. The molecule has 0 aliphatic carbocycles. The molecule has 0 fully saturated rings. The van der Waals surface area contributed by atoms with Crippen molar-refractivity contribution in [3.63, 3.8) is 0 Å². The van der Waals surface area contributed by atoms with E-state index in [-0.39, 0.29) is 42.1 Å². The summed E-state index contributed by atoms with van der Waals surface area (Å²) in [5.41, 5.74) is 12.6. The number of aromatic nitrogens is 1. The molecule has 8 heteroatoms. The first-order valence-electron chi connectivity index (χ1n) is 10.2. The Morgan fingerprint density at radius 1 is 1.09 bits per heavy atom. The van der Waals surface area contributed by atoms with Crippen molar-refractivity contribution in [2.24, 2.45) is 0 Å². The van der Waals surface area contributed by atoms with Crippen LogP contribution in [0.2, 0.25) is 0 Å². The van der Waals surface area contributed by atoms with Gasteiger partial charge in [-0.05, 0) is 36.4 Å². The van der Waals surface area contributed by atoms with Crippen LogP contribution < -0.4 is 21.5 Å². The third-order valence-electron chi connectivity index (χ3n) is 4.51. The number of carbonyl (C=O) groups excluding carboxylic acids is 1. The van der Waals surface area contributed by atoms with Crippen molar-refractivity contribution in [3.05, 3.63) is 83.4 Å². The van der Waals surface area contributed by atoms with E-state index in [1.165, 1.54) is 18.2 Å². The summed E-state index contributed by atoms with van der Waals surface area (Å²) < 4.78 is 25.2. The minimum atomic E-state index is -0.380. The number of halogens is 1. The summed E-state index contributed by atoms with van der Waals surface area (Å²) in [6.07, 6.45) is 0. The molecule has 4 aromatic rings. The van der Waals surface area contributed by atoms with Gasteiger partial charge in [-0.2, -0.15) is 0 Å². The van der Waals surface area contributed by atoms with Crippen LogP contribution in [0.3, 0.4) is 0 Å². The number of hydrogen-bond acceptors (Lipinski definition) is 6. The number of furan rings is 1. The highest BCUT2D eigenvalue weighted by molar-refractivity contribution is 5.98. The van der Waals surface area contributed by atoms with Gasteiger partial charge in [0.1, 0.15) is 41.2 Å². The predicted molar refractivity (Wildman–Crippen MR) is 123 cm³/mol. The smallest absolute Gasteiger partial charge is 0.255 e. The highest BCUT2D eigenvalue weighted by atomic mass is 19.1. The fourth-order valence-electron chi connectivity index (χ4n) is 2.97. The summed E-state index contributed by atoms with van der Waals surface area (Å²) in [5, 5.41) is 3.59. The molecule has 1 amide bonds. The van der Waals surface area contributed by atoms with E-state index < -0.39 is 0 Å². The van der Waals surface area contributed by atoms with Gasteiger partial charge in [0, 0.05) is 17.0 Å². The highest BCUT2D eigenvalue weighted by Crippen LogP contribution is 2.25. The molecule has 2 aromatic heterocycles. The first-order chi connectivity index (χ1) is 15.5. The molecule has 0 bridgehead atoms. The van der Waals surface area contributed by atoms with Crippen LogP contribution in [-0.2, 0) is 13.2 Å². The quantitative estimate of drug-likeness (QED) is 0.405.